The van der Waals surface area contributed by atoms with Crippen LogP contribution in [0.4, 0.5) is 0 Å². The van der Waals surface area contributed by atoms with Gasteiger partial charge < -0.3 is 10.6 Å². The molecule has 2 rings (SSSR count). The molecule has 2 aromatic rings. The summed E-state index contributed by atoms with van der Waals surface area (Å²) in [5.74, 6) is 0.860. The lowest BCUT2D eigenvalue weighted by molar-refractivity contribution is 0.457. The lowest BCUT2D eigenvalue weighted by atomic mass is 9.91. The first kappa shape index (κ1) is 19.5. The summed E-state index contributed by atoms with van der Waals surface area (Å²) in [6, 6.07) is 21.0. The van der Waals surface area contributed by atoms with E-state index >= 15 is 0 Å². The number of hydrogen-bond donors (Lipinski definition) is 1. The van der Waals surface area contributed by atoms with E-state index in [2.05, 4.69) is 72.3 Å². The Balaban J connectivity index is 0.00000264. The zero-order valence-corrected chi connectivity index (χ0v) is 16.2. The van der Waals surface area contributed by atoms with Gasteiger partial charge in [-0.1, -0.05) is 60.7 Å². The Morgan fingerprint density at radius 1 is 0.913 bits per heavy atom. The number of nitrogens with two attached hydrogens (primary N) is 1. The van der Waals surface area contributed by atoms with Crippen molar-refractivity contribution in [3.05, 3.63) is 71.8 Å². The lowest BCUT2D eigenvalue weighted by Gasteiger charge is -2.21. The molecule has 124 valence electrons. The standard InChI is InChI=1S/C19H25N3.HI/c1-3-22(4-2)19(20)21-15-18(16-11-7-5-8-12-16)17-13-9-6-10-14-17;/h5-14,18H,3-4,15H2,1-2H3,(H2,20,21);1H. The highest BCUT2D eigenvalue weighted by atomic mass is 127. The van der Waals surface area contributed by atoms with E-state index in [4.69, 9.17) is 5.73 Å². The highest BCUT2D eigenvalue weighted by molar-refractivity contribution is 14.0. The van der Waals surface area contributed by atoms with E-state index in [0.29, 0.717) is 12.5 Å². The Bertz CT molecular complexity index is 541. The summed E-state index contributed by atoms with van der Waals surface area (Å²) in [5.41, 5.74) is 8.66. The molecular formula is C19H26IN3. The van der Waals surface area contributed by atoms with Crippen LogP contribution in [0.3, 0.4) is 0 Å². The Morgan fingerprint density at radius 2 is 1.35 bits per heavy atom. The van der Waals surface area contributed by atoms with Crippen molar-refractivity contribution in [3.8, 4) is 0 Å². The summed E-state index contributed by atoms with van der Waals surface area (Å²) < 4.78 is 0. The van der Waals surface area contributed by atoms with E-state index in [1.54, 1.807) is 0 Å². The van der Waals surface area contributed by atoms with Crippen LogP contribution in [0.15, 0.2) is 65.7 Å². The van der Waals surface area contributed by atoms with Gasteiger partial charge in [0, 0.05) is 19.0 Å². The van der Waals surface area contributed by atoms with Gasteiger partial charge in [0.05, 0.1) is 6.54 Å². The first-order chi connectivity index (χ1) is 10.8. The molecule has 0 spiro atoms. The Labute approximate surface area is 156 Å². The van der Waals surface area contributed by atoms with Crippen LogP contribution in [0.2, 0.25) is 0 Å². The molecule has 2 N–H and O–H groups in total. The van der Waals surface area contributed by atoms with Gasteiger partial charge in [-0.05, 0) is 25.0 Å². The van der Waals surface area contributed by atoms with Gasteiger partial charge in [0.25, 0.3) is 0 Å². The van der Waals surface area contributed by atoms with Crippen molar-refractivity contribution in [3.63, 3.8) is 0 Å². The number of guanidine groups is 1. The maximum Gasteiger partial charge on any atom is 0.191 e. The van der Waals surface area contributed by atoms with Crippen LogP contribution in [0, 0.1) is 0 Å². The fourth-order valence-corrected chi connectivity index (χ4v) is 2.61. The molecule has 0 aromatic heterocycles. The minimum Gasteiger partial charge on any atom is -0.370 e. The second kappa shape index (κ2) is 10.3. The molecule has 0 amide bonds. The van der Waals surface area contributed by atoms with E-state index in [1.807, 2.05) is 12.1 Å². The van der Waals surface area contributed by atoms with E-state index in [1.165, 1.54) is 11.1 Å². The summed E-state index contributed by atoms with van der Waals surface area (Å²) in [5, 5.41) is 0. The summed E-state index contributed by atoms with van der Waals surface area (Å²) in [6.45, 7) is 6.62. The molecule has 4 heteroatoms. The predicted octanol–water partition coefficient (Wildman–Crippen LogP) is 4.09. The van der Waals surface area contributed by atoms with Gasteiger partial charge in [0.2, 0.25) is 0 Å². The average Bonchev–Trinajstić information content (AvgIpc) is 2.58. The molecule has 3 nitrogen and oxygen atoms in total. The average molecular weight is 423 g/mol. The molecule has 0 saturated carbocycles. The van der Waals surface area contributed by atoms with Crippen molar-refractivity contribution in [2.24, 2.45) is 10.7 Å². The number of hydrogen-bond acceptors (Lipinski definition) is 1. The zero-order chi connectivity index (χ0) is 15.8. The monoisotopic (exact) mass is 423 g/mol. The van der Waals surface area contributed by atoms with Crippen LogP contribution in [0.1, 0.15) is 30.9 Å². The zero-order valence-electron chi connectivity index (χ0n) is 13.9. The van der Waals surface area contributed by atoms with Crippen molar-refractivity contribution in [1.82, 2.24) is 4.90 Å². The summed E-state index contributed by atoms with van der Waals surface area (Å²) in [6.07, 6.45) is 0. The van der Waals surface area contributed by atoms with Crippen LogP contribution in [0.5, 0.6) is 0 Å². The van der Waals surface area contributed by atoms with Gasteiger partial charge in [-0.2, -0.15) is 0 Å². The van der Waals surface area contributed by atoms with E-state index in [-0.39, 0.29) is 29.9 Å². The van der Waals surface area contributed by atoms with Crippen molar-refractivity contribution in [2.75, 3.05) is 19.6 Å². The molecule has 0 aliphatic carbocycles. The van der Waals surface area contributed by atoms with Gasteiger partial charge in [-0.3, -0.25) is 4.99 Å². The second-order valence-corrected chi connectivity index (χ2v) is 5.25. The van der Waals surface area contributed by atoms with E-state index < -0.39 is 0 Å². The highest BCUT2D eigenvalue weighted by Gasteiger charge is 2.14. The van der Waals surface area contributed by atoms with Gasteiger partial charge in [-0.15, -0.1) is 24.0 Å². The fraction of sp³-hybridized carbons (Fsp3) is 0.316. The molecule has 0 saturated heterocycles. The van der Waals surface area contributed by atoms with Crippen LogP contribution in [-0.2, 0) is 0 Å². The Kier molecular flexibility index (Phi) is 8.69. The minimum absolute atomic E-state index is 0. The van der Waals surface area contributed by atoms with Gasteiger partial charge in [0.1, 0.15) is 0 Å². The molecule has 0 unspecified atom stereocenters. The first-order valence-corrected chi connectivity index (χ1v) is 7.91. The van der Waals surface area contributed by atoms with Gasteiger partial charge in [0.15, 0.2) is 5.96 Å². The number of benzene rings is 2. The van der Waals surface area contributed by atoms with Gasteiger partial charge in [-0.25, -0.2) is 0 Å². The molecule has 0 fully saturated rings. The summed E-state index contributed by atoms with van der Waals surface area (Å²) >= 11 is 0. The Hall–Kier alpha value is -1.56. The molecule has 0 aliphatic rings. The van der Waals surface area contributed by atoms with Crippen LogP contribution < -0.4 is 5.73 Å². The molecule has 0 radical (unpaired) electrons. The third-order valence-electron chi connectivity index (χ3n) is 3.93. The maximum absolute atomic E-state index is 6.12. The number of nitrogens with zero attached hydrogens (tertiary/aromatic N) is 2. The van der Waals surface area contributed by atoms with Crippen molar-refractivity contribution < 1.29 is 0 Å². The third kappa shape index (κ3) is 5.53. The summed E-state index contributed by atoms with van der Waals surface area (Å²) in [4.78, 5) is 6.72. The molecule has 23 heavy (non-hydrogen) atoms. The lowest BCUT2D eigenvalue weighted by Crippen LogP contribution is -2.37. The van der Waals surface area contributed by atoms with Crippen molar-refractivity contribution in [1.29, 1.82) is 0 Å². The maximum atomic E-state index is 6.12. The normalized spacial score (nSPS) is 11.2. The SMILES string of the molecule is CCN(CC)C(N)=NCC(c1ccccc1)c1ccccc1.I. The minimum atomic E-state index is 0. The number of aliphatic imine (C=N–C) groups is 1. The fourth-order valence-electron chi connectivity index (χ4n) is 2.61. The molecule has 0 aliphatic heterocycles. The van der Waals surface area contributed by atoms with Crippen molar-refractivity contribution in [2.45, 2.75) is 19.8 Å². The van der Waals surface area contributed by atoms with E-state index in [0.717, 1.165) is 13.1 Å². The summed E-state index contributed by atoms with van der Waals surface area (Å²) in [7, 11) is 0. The van der Waals surface area contributed by atoms with Crippen LogP contribution >= 0.6 is 24.0 Å². The van der Waals surface area contributed by atoms with Crippen molar-refractivity contribution >= 4 is 29.9 Å². The third-order valence-corrected chi connectivity index (χ3v) is 3.93. The molecule has 2 aromatic carbocycles. The smallest absolute Gasteiger partial charge is 0.191 e. The molecule has 0 heterocycles. The molecule has 0 atom stereocenters. The number of halogens is 1. The predicted molar refractivity (Wildman–Crippen MR) is 110 cm³/mol. The molecule has 0 bridgehead atoms. The Morgan fingerprint density at radius 3 is 1.74 bits per heavy atom. The molecular weight excluding hydrogens is 397 g/mol. The topological polar surface area (TPSA) is 41.6 Å². The van der Waals surface area contributed by atoms with Crippen LogP contribution in [-0.4, -0.2) is 30.5 Å². The highest BCUT2D eigenvalue weighted by Crippen LogP contribution is 2.24. The quantitative estimate of drug-likeness (QED) is 0.432. The largest absolute Gasteiger partial charge is 0.370 e. The number of rotatable bonds is 6. The van der Waals surface area contributed by atoms with E-state index in [9.17, 15) is 0 Å². The van der Waals surface area contributed by atoms with Crippen LogP contribution in [0.25, 0.3) is 0 Å². The first-order valence-electron chi connectivity index (χ1n) is 7.91. The van der Waals surface area contributed by atoms with Gasteiger partial charge >= 0.3 is 0 Å². The second-order valence-electron chi connectivity index (χ2n) is 5.25.